The van der Waals surface area contributed by atoms with Crippen LogP contribution in [0, 0.1) is 40.8 Å². The minimum absolute atomic E-state index is 0.0101. The fraction of sp³-hybridized carbons (Fsp3) is 0.444. The zero-order valence-corrected chi connectivity index (χ0v) is 25.0. The number of benzene rings is 3. The van der Waals surface area contributed by atoms with Crippen LogP contribution in [0.1, 0.15) is 98.7 Å². The van der Waals surface area contributed by atoms with Gasteiger partial charge in [0.1, 0.15) is 6.10 Å². The maximum Gasteiger partial charge on any atom is 0.167 e. The van der Waals surface area contributed by atoms with Gasteiger partial charge < -0.3 is 14.6 Å². The van der Waals surface area contributed by atoms with Crippen molar-refractivity contribution >= 4 is 5.57 Å². The van der Waals surface area contributed by atoms with E-state index >= 15 is 8.78 Å². The Bertz CT molecular complexity index is 1590. The molecule has 0 aromatic heterocycles. The van der Waals surface area contributed by atoms with Gasteiger partial charge in [-0.25, -0.2) is 26.3 Å². The Labute approximate surface area is 258 Å². The molecule has 0 radical (unpaired) electrons. The number of allylic oxidation sites excluding steroid dienone is 2. The Morgan fingerprint density at radius 3 is 2.00 bits per heavy atom. The van der Waals surface area contributed by atoms with E-state index in [0.29, 0.717) is 56.5 Å². The summed E-state index contributed by atoms with van der Waals surface area (Å²) in [6, 6.07) is 8.36. The average Bonchev–Trinajstić information content (AvgIpc) is 3.90. The summed E-state index contributed by atoms with van der Waals surface area (Å²) in [5.74, 6) is -6.41. The quantitative estimate of drug-likeness (QED) is 0.189. The zero-order valence-electron chi connectivity index (χ0n) is 25.0. The second kappa shape index (κ2) is 13.3. The van der Waals surface area contributed by atoms with Crippen LogP contribution < -0.4 is 0 Å². The van der Waals surface area contributed by atoms with Crippen LogP contribution in [0.3, 0.4) is 0 Å². The molecule has 0 amide bonds. The lowest BCUT2D eigenvalue weighted by molar-refractivity contribution is 0.00321. The molecular formula is C36H36F6O3. The number of epoxide rings is 1. The highest BCUT2D eigenvalue weighted by molar-refractivity contribution is 5.72. The maximum atomic E-state index is 15.2. The fourth-order valence-electron chi connectivity index (χ4n) is 6.72. The van der Waals surface area contributed by atoms with Crippen molar-refractivity contribution < 1.29 is 40.9 Å². The monoisotopic (exact) mass is 630 g/mol. The lowest BCUT2D eigenvalue weighted by Crippen LogP contribution is -2.24. The molecule has 6 rings (SSSR count). The Hall–Kier alpha value is -3.14. The van der Waals surface area contributed by atoms with Gasteiger partial charge in [-0.05, 0) is 74.3 Å². The summed E-state index contributed by atoms with van der Waals surface area (Å²) >= 11 is 0. The maximum absolute atomic E-state index is 15.2. The Kier molecular flexibility index (Phi) is 9.41. The van der Waals surface area contributed by atoms with Gasteiger partial charge in [-0.1, -0.05) is 49.4 Å². The van der Waals surface area contributed by atoms with Gasteiger partial charge in [0.05, 0.1) is 25.4 Å². The first-order chi connectivity index (χ1) is 21.7. The van der Waals surface area contributed by atoms with E-state index in [1.54, 1.807) is 13.0 Å². The summed E-state index contributed by atoms with van der Waals surface area (Å²) in [6.07, 6.45) is 5.29. The van der Waals surface area contributed by atoms with E-state index < -0.39 is 47.1 Å². The predicted octanol–water partition coefficient (Wildman–Crippen LogP) is 9.63. The largest absolute Gasteiger partial charge is 0.388 e. The van der Waals surface area contributed by atoms with E-state index in [1.807, 2.05) is 6.08 Å². The molecule has 0 bridgehead atoms. The number of hydrogen-bond acceptors (Lipinski definition) is 3. The fourth-order valence-corrected chi connectivity index (χ4v) is 6.72. The molecule has 1 saturated heterocycles. The molecule has 2 fully saturated rings. The van der Waals surface area contributed by atoms with Gasteiger partial charge in [0, 0.05) is 27.8 Å². The lowest BCUT2D eigenvalue weighted by Gasteiger charge is -2.31. The first-order valence-electron chi connectivity index (χ1n) is 15.7. The minimum Gasteiger partial charge on any atom is -0.388 e. The van der Waals surface area contributed by atoms with Crippen molar-refractivity contribution in [3.05, 3.63) is 99.6 Å². The summed E-state index contributed by atoms with van der Waals surface area (Å²) in [7, 11) is 0. The number of halogens is 6. The van der Waals surface area contributed by atoms with Crippen molar-refractivity contribution in [3.63, 3.8) is 0 Å². The Balaban J connectivity index is 1.03. The van der Waals surface area contributed by atoms with Gasteiger partial charge in [-0.2, -0.15) is 0 Å². The third-order valence-electron chi connectivity index (χ3n) is 9.60. The molecule has 3 nitrogen and oxygen atoms in total. The summed E-state index contributed by atoms with van der Waals surface area (Å²) < 4.78 is 100. The third-order valence-corrected chi connectivity index (χ3v) is 9.60. The average molecular weight is 631 g/mol. The second-order valence-corrected chi connectivity index (χ2v) is 12.4. The molecule has 45 heavy (non-hydrogen) atoms. The highest BCUT2D eigenvalue weighted by Gasteiger charge is 2.32. The van der Waals surface area contributed by atoms with Crippen molar-refractivity contribution in [2.45, 2.75) is 82.5 Å². The molecule has 9 heteroatoms. The summed E-state index contributed by atoms with van der Waals surface area (Å²) in [5, 5.41) is 9.94. The molecule has 1 N–H and O–H groups in total. The molecule has 3 unspecified atom stereocenters. The van der Waals surface area contributed by atoms with Gasteiger partial charge in [-0.3, -0.25) is 0 Å². The van der Waals surface area contributed by atoms with Crippen LogP contribution in [0.2, 0.25) is 0 Å². The van der Waals surface area contributed by atoms with Crippen LogP contribution in [-0.4, -0.2) is 24.4 Å². The molecule has 0 spiro atoms. The molecule has 3 aromatic carbocycles. The minimum atomic E-state index is -1.23. The number of hydrogen-bond donors (Lipinski definition) is 1. The summed E-state index contributed by atoms with van der Waals surface area (Å²) in [4.78, 5) is 0. The number of aliphatic hydroxyl groups is 1. The molecule has 3 atom stereocenters. The second-order valence-electron chi connectivity index (χ2n) is 12.4. The van der Waals surface area contributed by atoms with Gasteiger partial charge >= 0.3 is 0 Å². The third kappa shape index (κ3) is 6.44. The van der Waals surface area contributed by atoms with Crippen molar-refractivity contribution in [1.82, 2.24) is 0 Å². The molecule has 3 aromatic rings. The van der Waals surface area contributed by atoms with Crippen LogP contribution in [0.5, 0.6) is 0 Å². The first-order valence-corrected chi connectivity index (χ1v) is 15.7. The van der Waals surface area contributed by atoms with Crippen molar-refractivity contribution in [2.75, 3.05) is 13.2 Å². The van der Waals surface area contributed by atoms with E-state index in [9.17, 15) is 22.7 Å². The molecule has 1 heterocycles. The molecule has 1 aliphatic heterocycles. The highest BCUT2D eigenvalue weighted by Crippen LogP contribution is 2.40. The van der Waals surface area contributed by atoms with Crippen LogP contribution in [0.15, 0.2) is 42.5 Å². The smallest absolute Gasteiger partial charge is 0.167 e. The van der Waals surface area contributed by atoms with E-state index in [4.69, 9.17) is 9.47 Å². The standard InChI is InChI=1S/C36H36F6O3/c1-2-29(43)27-15-12-24(32(38)35(27)41)21-7-9-22(10-8-21)44-17-19-3-5-20(6-4-19)23-11-13-25(33(39)31(23)37)26-14-16-28(30-18-45-30)36(42)34(26)40/h5,11-16,19,21-22,29-30,43H,2-4,6-10,17-18H2,1H3. The molecule has 240 valence electrons. The van der Waals surface area contributed by atoms with Crippen LogP contribution >= 0.6 is 0 Å². The van der Waals surface area contributed by atoms with E-state index in [2.05, 4.69) is 0 Å². The molecule has 2 aliphatic carbocycles. The Morgan fingerprint density at radius 1 is 0.756 bits per heavy atom. The normalized spacial score (nSPS) is 24.0. The van der Waals surface area contributed by atoms with Crippen molar-refractivity contribution in [3.8, 4) is 11.1 Å². The van der Waals surface area contributed by atoms with Gasteiger partial charge in [0.25, 0.3) is 0 Å². The number of ether oxygens (including phenoxy) is 2. The van der Waals surface area contributed by atoms with E-state index in [0.717, 1.165) is 19.3 Å². The number of rotatable bonds is 9. The van der Waals surface area contributed by atoms with Gasteiger partial charge in [0.2, 0.25) is 0 Å². The van der Waals surface area contributed by atoms with E-state index in [1.165, 1.54) is 30.3 Å². The molecule has 1 saturated carbocycles. The number of aliphatic hydroxyl groups excluding tert-OH is 1. The summed E-state index contributed by atoms with van der Waals surface area (Å²) in [5.41, 5.74) is 0.489. The van der Waals surface area contributed by atoms with E-state index in [-0.39, 0.29) is 45.8 Å². The van der Waals surface area contributed by atoms with Gasteiger partial charge in [-0.15, -0.1) is 0 Å². The van der Waals surface area contributed by atoms with Crippen LogP contribution in [0.4, 0.5) is 26.3 Å². The molecular weight excluding hydrogens is 594 g/mol. The molecule has 3 aliphatic rings. The Morgan fingerprint density at radius 2 is 1.36 bits per heavy atom. The summed E-state index contributed by atoms with van der Waals surface area (Å²) in [6.45, 7) is 2.51. The van der Waals surface area contributed by atoms with Gasteiger partial charge in [0.15, 0.2) is 34.9 Å². The first kappa shape index (κ1) is 31.8. The van der Waals surface area contributed by atoms with Crippen LogP contribution in [-0.2, 0) is 9.47 Å². The lowest BCUT2D eigenvalue weighted by atomic mass is 9.81. The predicted molar refractivity (Wildman–Crippen MR) is 158 cm³/mol. The topological polar surface area (TPSA) is 42.0 Å². The van der Waals surface area contributed by atoms with Crippen LogP contribution in [0.25, 0.3) is 16.7 Å². The SMILES string of the molecule is CCC(O)c1ccc(C2CCC(OCC3CC=C(c4ccc(-c5ccc(C6CO6)c(F)c5F)c(F)c4F)CC3)CC2)c(F)c1F. The zero-order chi connectivity index (χ0) is 31.8. The highest BCUT2D eigenvalue weighted by atomic mass is 19.2. The van der Waals surface area contributed by atoms with Crippen molar-refractivity contribution in [1.29, 1.82) is 0 Å². The van der Waals surface area contributed by atoms with Crippen molar-refractivity contribution in [2.24, 2.45) is 5.92 Å².